The topological polar surface area (TPSA) is 135 Å². The highest BCUT2D eigenvalue weighted by Crippen LogP contribution is 2.11. The number of aryl methyl sites for hydroxylation is 2. The van der Waals surface area contributed by atoms with Gasteiger partial charge in [0.05, 0.1) is 12.0 Å². The Kier molecular flexibility index (Phi) is 8.06. The molecule has 158 valence electrons. The zero-order valence-electron chi connectivity index (χ0n) is 16.7. The number of benzene rings is 1. The van der Waals surface area contributed by atoms with Crippen molar-refractivity contribution in [1.82, 2.24) is 25.9 Å². The lowest BCUT2D eigenvalue weighted by Gasteiger charge is -2.07. The summed E-state index contributed by atoms with van der Waals surface area (Å²) < 4.78 is 28.6. The Morgan fingerprint density at radius 1 is 1.03 bits per heavy atom. The molecule has 2 amide bonds. The molecule has 1 aromatic carbocycles. The molecule has 0 radical (unpaired) electrons. The van der Waals surface area contributed by atoms with Gasteiger partial charge in [0.1, 0.15) is 5.75 Å². The van der Waals surface area contributed by atoms with Gasteiger partial charge in [0, 0.05) is 12.5 Å². The molecule has 3 N–H and O–H groups in total. The van der Waals surface area contributed by atoms with Crippen molar-refractivity contribution in [3.05, 3.63) is 72.3 Å². The van der Waals surface area contributed by atoms with E-state index in [-0.39, 0.29) is 16.7 Å². The number of hydrogen-bond acceptors (Lipinski definition) is 8. The molecule has 2 aromatic rings. The Balaban J connectivity index is 1.73. The SMILES string of the molecule is Cc1ccc(O/C=C/C=C/C=C/NC(=O)NNc2nnc(C)c(S(C)(=O)=O)n2)cc1. The number of carbonyl (C=O) groups is 1. The minimum Gasteiger partial charge on any atom is -0.465 e. The number of anilines is 1. The lowest BCUT2D eigenvalue weighted by atomic mass is 10.2. The van der Waals surface area contributed by atoms with Gasteiger partial charge < -0.3 is 10.1 Å². The maximum atomic E-state index is 11.7. The number of aromatic nitrogens is 3. The van der Waals surface area contributed by atoms with Crippen LogP contribution >= 0.6 is 0 Å². The molecule has 0 saturated carbocycles. The van der Waals surface area contributed by atoms with Gasteiger partial charge in [-0.25, -0.2) is 18.6 Å². The number of hydrogen-bond donors (Lipinski definition) is 3. The van der Waals surface area contributed by atoms with E-state index in [9.17, 15) is 13.2 Å². The number of sulfone groups is 1. The molecule has 0 aliphatic rings. The highest BCUT2D eigenvalue weighted by molar-refractivity contribution is 7.90. The number of carbonyl (C=O) groups excluding carboxylic acids is 1. The Labute approximate surface area is 174 Å². The molecule has 10 nitrogen and oxygen atoms in total. The molecular weight excluding hydrogens is 408 g/mol. The summed E-state index contributed by atoms with van der Waals surface area (Å²) in [6.45, 7) is 3.48. The summed E-state index contributed by atoms with van der Waals surface area (Å²) in [5.74, 6) is 0.585. The second kappa shape index (κ2) is 10.7. The van der Waals surface area contributed by atoms with Crippen molar-refractivity contribution < 1.29 is 17.9 Å². The first-order valence-electron chi connectivity index (χ1n) is 8.71. The van der Waals surface area contributed by atoms with Crippen LogP contribution in [0.4, 0.5) is 10.7 Å². The molecule has 11 heteroatoms. The first kappa shape index (κ1) is 22.6. The van der Waals surface area contributed by atoms with Gasteiger partial charge >= 0.3 is 6.03 Å². The number of amides is 2. The van der Waals surface area contributed by atoms with Crippen molar-refractivity contribution in [2.75, 3.05) is 11.7 Å². The number of rotatable bonds is 8. The highest BCUT2D eigenvalue weighted by atomic mass is 32.2. The molecule has 1 heterocycles. The maximum Gasteiger partial charge on any atom is 0.337 e. The Bertz CT molecular complexity index is 1060. The van der Waals surface area contributed by atoms with E-state index in [1.165, 1.54) is 13.1 Å². The zero-order valence-corrected chi connectivity index (χ0v) is 17.5. The number of nitrogens with one attached hydrogen (secondary N) is 3. The van der Waals surface area contributed by atoms with Crippen LogP contribution in [0.2, 0.25) is 0 Å². The summed E-state index contributed by atoms with van der Waals surface area (Å²) in [6, 6.07) is 7.06. The second-order valence-electron chi connectivity index (χ2n) is 6.03. The summed E-state index contributed by atoms with van der Waals surface area (Å²) in [4.78, 5) is 15.5. The van der Waals surface area contributed by atoms with Crippen molar-refractivity contribution in [1.29, 1.82) is 0 Å². The molecule has 0 atom stereocenters. The molecule has 0 spiro atoms. The van der Waals surface area contributed by atoms with Gasteiger partial charge in [-0.3, -0.25) is 5.43 Å². The van der Waals surface area contributed by atoms with E-state index >= 15 is 0 Å². The molecule has 0 aliphatic carbocycles. The quantitative estimate of drug-likeness (QED) is 0.329. The van der Waals surface area contributed by atoms with Crippen LogP contribution in [0.5, 0.6) is 5.75 Å². The second-order valence-corrected chi connectivity index (χ2v) is 7.96. The van der Waals surface area contributed by atoms with Crippen LogP contribution in [-0.4, -0.2) is 35.9 Å². The number of nitrogens with zero attached hydrogens (tertiary/aromatic N) is 3. The fraction of sp³-hybridized carbons (Fsp3) is 0.158. The molecule has 0 aliphatic heterocycles. The van der Waals surface area contributed by atoms with Crippen molar-refractivity contribution in [2.45, 2.75) is 18.9 Å². The standard InChI is InChI=1S/C19H22N6O4S/c1-14-8-10-16(11-9-14)29-13-7-5-4-6-12-20-19(26)25-24-18-21-17(30(3,27)28)15(2)22-23-18/h4-13H,1-3H3,(H2,20,25,26)(H,21,23,24)/b5-4+,12-6+,13-7+. The number of allylic oxidation sites excluding steroid dienone is 4. The molecular formula is C19H22N6O4S. The fourth-order valence-electron chi connectivity index (χ4n) is 2.01. The van der Waals surface area contributed by atoms with E-state index in [4.69, 9.17) is 4.74 Å². The minimum absolute atomic E-state index is 0.154. The monoisotopic (exact) mass is 430 g/mol. The van der Waals surface area contributed by atoms with Crippen LogP contribution in [0.25, 0.3) is 0 Å². The summed E-state index contributed by atoms with van der Waals surface area (Å²) in [7, 11) is -3.55. The van der Waals surface area contributed by atoms with Gasteiger partial charge in [-0.1, -0.05) is 29.8 Å². The molecule has 0 saturated heterocycles. The third kappa shape index (κ3) is 7.72. The normalized spacial score (nSPS) is 11.8. The van der Waals surface area contributed by atoms with E-state index in [1.807, 2.05) is 31.2 Å². The summed E-state index contributed by atoms with van der Waals surface area (Å²) in [6.07, 6.45) is 10.7. The van der Waals surface area contributed by atoms with Gasteiger partial charge in [-0.2, -0.15) is 4.98 Å². The average Bonchev–Trinajstić information content (AvgIpc) is 2.70. The average molecular weight is 430 g/mol. The van der Waals surface area contributed by atoms with Gasteiger partial charge in [0.15, 0.2) is 14.9 Å². The number of hydrazine groups is 1. The van der Waals surface area contributed by atoms with Crippen molar-refractivity contribution in [2.24, 2.45) is 0 Å². The van der Waals surface area contributed by atoms with Crippen molar-refractivity contribution in [3.8, 4) is 5.75 Å². The van der Waals surface area contributed by atoms with E-state index in [1.54, 1.807) is 30.6 Å². The van der Waals surface area contributed by atoms with Crippen LogP contribution in [0.15, 0.2) is 66.1 Å². The third-order valence-electron chi connectivity index (χ3n) is 3.40. The minimum atomic E-state index is -3.55. The fourth-order valence-corrected chi connectivity index (χ4v) is 2.83. The van der Waals surface area contributed by atoms with Crippen LogP contribution in [0.1, 0.15) is 11.3 Å². The van der Waals surface area contributed by atoms with Crippen LogP contribution in [0, 0.1) is 13.8 Å². The lowest BCUT2D eigenvalue weighted by Crippen LogP contribution is -2.37. The van der Waals surface area contributed by atoms with E-state index in [0.717, 1.165) is 17.6 Å². The van der Waals surface area contributed by atoms with Gasteiger partial charge in [0.25, 0.3) is 5.95 Å². The predicted octanol–water partition coefficient (Wildman–Crippen LogP) is 2.18. The van der Waals surface area contributed by atoms with Crippen LogP contribution < -0.4 is 20.9 Å². The Hall–Kier alpha value is -3.73. The van der Waals surface area contributed by atoms with E-state index < -0.39 is 15.9 Å². The van der Waals surface area contributed by atoms with E-state index in [2.05, 4.69) is 31.3 Å². The zero-order chi connectivity index (χ0) is 22.0. The number of urea groups is 1. The van der Waals surface area contributed by atoms with Crippen molar-refractivity contribution >= 4 is 21.8 Å². The van der Waals surface area contributed by atoms with Gasteiger partial charge in [-0.15, -0.1) is 10.2 Å². The van der Waals surface area contributed by atoms with E-state index in [0.29, 0.717) is 0 Å². The Morgan fingerprint density at radius 3 is 2.43 bits per heavy atom. The Morgan fingerprint density at radius 2 is 1.73 bits per heavy atom. The molecule has 0 bridgehead atoms. The van der Waals surface area contributed by atoms with Gasteiger partial charge in [-0.05, 0) is 38.1 Å². The first-order valence-corrected chi connectivity index (χ1v) is 10.6. The summed E-state index contributed by atoms with van der Waals surface area (Å²) in [5.41, 5.74) is 5.97. The summed E-state index contributed by atoms with van der Waals surface area (Å²) >= 11 is 0. The number of ether oxygens (including phenoxy) is 1. The third-order valence-corrected chi connectivity index (χ3v) is 4.49. The largest absolute Gasteiger partial charge is 0.465 e. The summed E-state index contributed by atoms with van der Waals surface area (Å²) in [5, 5.41) is 9.57. The smallest absolute Gasteiger partial charge is 0.337 e. The van der Waals surface area contributed by atoms with Gasteiger partial charge in [0.2, 0.25) is 0 Å². The van der Waals surface area contributed by atoms with Crippen LogP contribution in [-0.2, 0) is 9.84 Å². The predicted molar refractivity (Wildman–Crippen MR) is 112 cm³/mol. The maximum absolute atomic E-state index is 11.7. The van der Waals surface area contributed by atoms with Crippen molar-refractivity contribution in [3.63, 3.8) is 0 Å². The molecule has 1 aromatic heterocycles. The molecule has 0 fully saturated rings. The lowest BCUT2D eigenvalue weighted by molar-refractivity contribution is 0.246. The molecule has 0 unspecified atom stereocenters. The molecule has 2 rings (SSSR count). The highest BCUT2D eigenvalue weighted by Gasteiger charge is 2.15. The molecule has 30 heavy (non-hydrogen) atoms. The van der Waals surface area contributed by atoms with Crippen LogP contribution in [0.3, 0.4) is 0 Å². The first-order chi connectivity index (χ1) is 14.3.